The topological polar surface area (TPSA) is 38.1 Å². The number of carbonyl (C=O) groups excluding carboxylic acids is 1. The van der Waals surface area contributed by atoms with Gasteiger partial charge in [-0.15, -0.1) is 0 Å². The fraction of sp³-hybridized carbons (Fsp3) is 0.407. The molecule has 0 unspecified atom stereocenters. The van der Waals surface area contributed by atoms with E-state index < -0.39 is 0 Å². The normalized spacial score (nSPS) is 19.1. The molecule has 3 heterocycles. The van der Waals surface area contributed by atoms with E-state index in [1.165, 1.54) is 5.56 Å². The molecule has 0 N–H and O–H groups in total. The fourth-order valence-electron chi connectivity index (χ4n) is 5.19. The lowest BCUT2D eigenvalue weighted by atomic mass is 9.90. The molecule has 2 aliphatic rings. The van der Waals surface area contributed by atoms with E-state index in [4.69, 9.17) is 0 Å². The van der Waals surface area contributed by atoms with E-state index in [0.717, 1.165) is 63.1 Å². The van der Waals surface area contributed by atoms with Crippen LogP contribution < -0.4 is 0 Å². The summed E-state index contributed by atoms with van der Waals surface area (Å²) < 4.78 is 15.8. The maximum absolute atomic E-state index is 13.6. The summed E-state index contributed by atoms with van der Waals surface area (Å²) in [6, 6.07) is 16.0. The Morgan fingerprint density at radius 1 is 1.09 bits per heavy atom. The Labute approximate surface area is 189 Å². The second-order valence-electron chi connectivity index (χ2n) is 9.36. The number of fused-ring (bicyclic) bond motifs is 1. The average Bonchev–Trinajstić information content (AvgIpc) is 3.25. The number of aromatic nitrogens is 2. The monoisotopic (exact) mass is 431 g/mol. The summed E-state index contributed by atoms with van der Waals surface area (Å²) in [7, 11) is 0. The Kier molecular flexibility index (Phi) is 5.81. The number of aryl methyl sites for hydroxylation is 2. The summed E-state index contributed by atoms with van der Waals surface area (Å²) in [5, 5.41) is 0. The fourth-order valence-corrected chi connectivity index (χ4v) is 5.19. The predicted octanol–water partition coefficient (Wildman–Crippen LogP) is 5.16. The van der Waals surface area contributed by atoms with Gasteiger partial charge in [-0.2, -0.15) is 0 Å². The first-order valence-electron chi connectivity index (χ1n) is 11.7. The molecule has 1 atom stereocenters. The van der Waals surface area contributed by atoms with Gasteiger partial charge in [0.15, 0.2) is 0 Å². The molecule has 2 aliphatic heterocycles. The molecule has 5 heteroatoms. The zero-order chi connectivity index (χ0) is 22.1. The molecular weight excluding hydrogens is 401 g/mol. The summed E-state index contributed by atoms with van der Waals surface area (Å²) in [5.74, 6) is 1.85. The Bertz CT molecular complexity index is 1100. The van der Waals surface area contributed by atoms with Crippen molar-refractivity contribution in [3.8, 4) is 0 Å². The van der Waals surface area contributed by atoms with E-state index in [2.05, 4.69) is 39.9 Å². The minimum absolute atomic E-state index is 0.0548. The van der Waals surface area contributed by atoms with E-state index >= 15 is 0 Å². The minimum atomic E-state index is -0.159. The highest BCUT2D eigenvalue weighted by Gasteiger charge is 2.28. The lowest BCUT2D eigenvalue weighted by Gasteiger charge is -2.31. The SMILES string of the molecule is Cc1cc([C@@H]2CCc3nc(C(=O)N4CCC(Cc5ccccc5)CC4)cn3C2)ccc1F. The van der Waals surface area contributed by atoms with Gasteiger partial charge in [-0.05, 0) is 61.3 Å². The average molecular weight is 432 g/mol. The molecule has 0 saturated carbocycles. The molecule has 166 valence electrons. The highest BCUT2D eigenvalue weighted by atomic mass is 19.1. The molecule has 1 amide bonds. The van der Waals surface area contributed by atoms with Gasteiger partial charge in [0.05, 0.1) is 0 Å². The third kappa shape index (κ3) is 4.34. The largest absolute Gasteiger partial charge is 0.337 e. The molecule has 0 bridgehead atoms. The third-order valence-electron chi connectivity index (χ3n) is 7.13. The first-order chi connectivity index (χ1) is 15.6. The van der Waals surface area contributed by atoms with Crippen LogP contribution in [0, 0.1) is 18.7 Å². The quantitative estimate of drug-likeness (QED) is 0.573. The van der Waals surface area contributed by atoms with Crippen LogP contribution in [0.25, 0.3) is 0 Å². The van der Waals surface area contributed by atoms with Gasteiger partial charge in [0, 0.05) is 38.2 Å². The standard InChI is InChI=1S/C27H30FN3O/c1-19-15-22(7-9-24(19)28)23-8-10-26-29-25(18-31(26)17-23)27(32)30-13-11-21(12-14-30)16-20-5-3-2-4-6-20/h2-7,9,15,18,21,23H,8,10-14,16-17H2,1H3/t23-/m1/s1. The van der Waals surface area contributed by atoms with Gasteiger partial charge >= 0.3 is 0 Å². The lowest BCUT2D eigenvalue weighted by molar-refractivity contribution is 0.0685. The van der Waals surface area contributed by atoms with E-state index in [0.29, 0.717) is 23.1 Å². The van der Waals surface area contributed by atoms with Gasteiger partial charge in [-0.3, -0.25) is 4.79 Å². The molecule has 4 nitrogen and oxygen atoms in total. The van der Waals surface area contributed by atoms with Crippen LogP contribution in [0.15, 0.2) is 54.7 Å². The van der Waals surface area contributed by atoms with Crippen molar-refractivity contribution < 1.29 is 9.18 Å². The zero-order valence-corrected chi connectivity index (χ0v) is 18.6. The van der Waals surface area contributed by atoms with Crippen LogP contribution in [0.3, 0.4) is 0 Å². The maximum Gasteiger partial charge on any atom is 0.274 e. The summed E-state index contributed by atoms with van der Waals surface area (Å²) >= 11 is 0. The van der Waals surface area contributed by atoms with Crippen LogP contribution >= 0.6 is 0 Å². The number of amides is 1. The molecule has 0 radical (unpaired) electrons. The number of benzene rings is 2. The Morgan fingerprint density at radius 2 is 1.88 bits per heavy atom. The van der Waals surface area contributed by atoms with Crippen LogP contribution in [0.1, 0.15) is 58.2 Å². The first kappa shape index (κ1) is 20.9. The number of hydrogen-bond acceptors (Lipinski definition) is 2. The highest BCUT2D eigenvalue weighted by Crippen LogP contribution is 2.30. The van der Waals surface area contributed by atoms with Crippen LogP contribution in [0.4, 0.5) is 4.39 Å². The molecule has 1 saturated heterocycles. The van der Waals surface area contributed by atoms with E-state index in [-0.39, 0.29) is 11.7 Å². The number of imidazole rings is 1. The highest BCUT2D eigenvalue weighted by molar-refractivity contribution is 5.92. The van der Waals surface area contributed by atoms with Crippen molar-refractivity contribution in [3.05, 3.63) is 88.8 Å². The minimum Gasteiger partial charge on any atom is -0.337 e. The first-order valence-corrected chi connectivity index (χ1v) is 11.7. The molecular formula is C27H30FN3O. The second-order valence-corrected chi connectivity index (χ2v) is 9.36. The van der Waals surface area contributed by atoms with Crippen molar-refractivity contribution in [2.75, 3.05) is 13.1 Å². The van der Waals surface area contributed by atoms with Crippen LogP contribution in [0.2, 0.25) is 0 Å². The molecule has 3 aromatic rings. The summed E-state index contributed by atoms with van der Waals surface area (Å²) in [4.78, 5) is 19.8. The number of likely N-dealkylation sites (tertiary alicyclic amines) is 1. The predicted molar refractivity (Wildman–Crippen MR) is 123 cm³/mol. The van der Waals surface area contributed by atoms with Crippen molar-refractivity contribution >= 4 is 5.91 Å². The van der Waals surface area contributed by atoms with Crippen LogP contribution in [0.5, 0.6) is 0 Å². The van der Waals surface area contributed by atoms with Crippen molar-refractivity contribution in [2.24, 2.45) is 5.92 Å². The molecule has 5 rings (SSSR count). The van der Waals surface area contributed by atoms with Gasteiger partial charge in [-0.1, -0.05) is 42.5 Å². The molecule has 0 aliphatic carbocycles. The van der Waals surface area contributed by atoms with E-state index in [9.17, 15) is 9.18 Å². The smallest absolute Gasteiger partial charge is 0.274 e. The van der Waals surface area contributed by atoms with Gasteiger partial charge < -0.3 is 9.47 Å². The van der Waals surface area contributed by atoms with E-state index in [1.54, 1.807) is 6.07 Å². The number of hydrogen-bond donors (Lipinski definition) is 0. The molecule has 0 spiro atoms. The number of halogens is 1. The Balaban J connectivity index is 1.21. The van der Waals surface area contributed by atoms with Gasteiger partial charge in [0.1, 0.15) is 17.3 Å². The maximum atomic E-state index is 13.6. The van der Waals surface area contributed by atoms with Crippen molar-refractivity contribution in [3.63, 3.8) is 0 Å². The summed E-state index contributed by atoms with van der Waals surface area (Å²) in [6.45, 7) is 4.20. The van der Waals surface area contributed by atoms with E-state index in [1.807, 2.05) is 30.2 Å². The van der Waals surface area contributed by atoms with Crippen molar-refractivity contribution in [1.82, 2.24) is 14.5 Å². The Hall–Kier alpha value is -2.95. The van der Waals surface area contributed by atoms with Crippen molar-refractivity contribution in [1.29, 1.82) is 0 Å². The number of carbonyl (C=O) groups is 1. The molecule has 1 fully saturated rings. The van der Waals surface area contributed by atoms with Gasteiger partial charge in [0.2, 0.25) is 0 Å². The number of rotatable bonds is 4. The van der Waals surface area contributed by atoms with Gasteiger partial charge in [-0.25, -0.2) is 9.37 Å². The molecule has 1 aromatic heterocycles. The number of nitrogens with zero attached hydrogens (tertiary/aromatic N) is 3. The molecule has 32 heavy (non-hydrogen) atoms. The zero-order valence-electron chi connectivity index (χ0n) is 18.6. The van der Waals surface area contributed by atoms with Gasteiger partial charge in [0.25, 0.3) is 5.91 Å². The summed E-state index contributed by atoms with van der Waals surface area (Å²) in [5.41, 5.74) is 3.80. The van der Waals surface area contributed by atoms with Crippen LogP contribution in [-0.4, -0.2) is 33.4 Å². The van der Waals surface area contributed by atoms with Crippen LogP contribution in [-0.2, 0) is 19.4 Å². The third-order valence-corrected chi connectivity index (χ3v) is 7.13. The van der Waals surface area contributed by atoms with Crippen molar-refractivity contribution in [2.45, 2.75) is 51.5 Å². The summed E-state index contributed by atoms with van der Waals surface area (Å²) in [6.07, 6.45) is 6.91. The molecule has 2 aromatic carbocycles. The lowest BCUT2D eigenvalue weighted by Crippen LogP contribution is -2.39. The number of piperidine rings is 1. The second kappa shape index (κ2) is 8.89. The Morgan fingerprint density at radius 3 is 2.62 bits per heavy atom.